The molecule has 0 spiro atoms. The Morgan fingerprint density at radius 3 is 2.51 bits per heavy atom. The van der Waals surface area contributed by atoms with E-state index in [0.29, 0.717) is 28.8 Å². The number of carbonyl (C=O) groups is 2. The van der Waals surface area contributed by atoms with Gasteiger partial charge in [-0.1, -0.05) is 17.7 Å². The molecule has 1 aromatic heterocycles. The molecule has 2 heterocycles. The topological polar surface area (TPSA) is 127 Å². The smallest absolute Gasteiger partial charge is 0.233 e. The lowest BCUT2D eigenvalue weighted by Crippen LogP contribution is -2.30. The molecule has 1 unspecified atom stereocenters. The predicted molar refractivity (Wildman–Crippen MR) is 146 cm³/mol. The standard InChI is InChI=1S/C27H29ClN4O4S/c1-16(31-25(33)15-26(34)32-19-5-2-17(3-6-19)27(29)30)18-4-7-22(36-20-10-12-35-13-11-20)21(14-18)23-8-9-24(28)37-23/h2-9,14,16,20H,10-13,15H2,1H3,(H3,29,30)(H,31,33)(H,32,34). The molecule has 3 aromatic rings. The number of hydrogen-bond donors (Lipinski definition) is 4. The summed E-state index contributed by atoms with van der Waals surface area (Å²) >= 11 is 7.67. The Morgan fingerprint density at radius 2 is 1.86 bits per heavy atom. The lowest BCUT2D eigenvalue weighted by Gasteiger charge is -2.25. The molecule has 0 saturated carbocycles. The number of ether oxygens (including phenoxy) is 2. The van der Waals surface area contributed by atoms with Crippen LogP contribution in [0.4, 0.5) is 5.69 Å². The molecule has 1 aliphatic heterocycles. The van der Waals surface area contributed by atoms with Crippen LogP contribution in [0.1, 0.15) is 43.4 Å². The van der Waals surface area contributed by atoms with Crippen molar-refractivity contribution < 1.29 is 19.1 Å². The highest BCUT2D eigenvalue weighted by Crippen LogP contribution is 2.39. The number of thiophene rings is 1. The lowest BCUT2D eigenvalue weighted by atomic mass is 10.0. The summed E-state index contributed by atoms with van der Waals surface area (Å²) in [5, 5.41) is 13.0. The van der Waals surface area contributed by atoms with Crippen molar-refractivity contribution in [1.82, 2.24) is 5.32 Å². The summed E-state index contributed by atoms with van der Waals surface area (Å²) in [7, 11) is 0. The second kappa shape index (κ2) is 12.2. The number of nitrogens with one attached hydrogen (secondary N) is 3. The van der Waals surface area contributed by atoms with Gasteiger partial charge in [0, 0.05) is 34.5 Å². The van der Waals surface area contributed by atoms with Gasteiger partial charge in [0.05, 0.1) is 23.6 Å². The van der Waals surface area contributed by atoms with Crippen LogP contribution in [0.5, 0.6) is 5.75 Å². The SMILES string of the molecule is CC(NC(=O)CC(=O)Nc1ccc(C(=N)N)cc1)c1ccc(OC2CCOCC2)c(-c2ccc(Cl)s2)c1. The van der Waals surface area contributed by atoms with Crippen LogP contribution in [-0.4, -0.2) is 37.0 Å². The van der Waals surface area contributed by atoms with Crippen LogP contribution >= 0.6 is 22.9 Å². The molecule has 194 valence electrons. The fourth-order valence-corrected chi connectivity index (χ4v) is 5.07. The van der Waals surface area contributed by atoms with Crippen LogP contribution in [0.2, 0.25) is 4.34 Å². The number of benzene rings is 2. The van der Waals surface area contributed by atoms with Gasteiger partial charge >= 0.3 is 0 Å². The summed E-state index contributed by atoms with van der Waals surface area (Å²) in [6.07, 6.45) is 1.43. The van der Waals surface area contributed by atoms with Crippen molar-refractivity contribution in [3.63, 3.8) is 0 Å². The maximum atomic E-state index is 12.6. The van der Waals surface area contributed by atoms with E-state index >= 15 is 0 Å². The number of rotatable bonds is 9. The number of amidine groups is 1. The van der Waals surface area contributed by atoms with Gasteiger partial charge in [0.1, 0.15) is 24.1 Å². The highest BCUT2D eigenvalue weighted by Gasteiger charge is 2.20. The van der Waals surface area contributed by atoms with Crippen molar-refractivity contribution in [2.75, 3.05) is 18.5 Å². The Kier molecular flexibility index (Phi) is 8.81. The van der Waals surface area contributed by atoms with E-state index in [0.717, 1.165) is 34.6 Å². The summed E-state index contributed by atoms with van der Waals surface area (Å²) in [6.45, 7) is 3.24. The van der Waals surface area contributed by atoms with Crippen LogP contribution in [0, 0.1) is 5.41 Å². The van der Waals surface area contributed by atoms with Gasteiger partial charge in [-0.2, -0.15) is 0 Å². The second-order valence-corrected chi connectivity index (χ2v) is 10.5. The molecule has 10 heteroatoms. The molecule has 37 heavy (non-hydrogen) atoms. The number of nitrogens with two attached hydrogens (primary N) is 1. The summed E-state index contributed by atoms with van der Waals surface area (Å²) in [5.41, 5.74) is 8.31. The third-order valence-electron chi connectivity index (χ3n) is 5.98. The monoisotopic (exact) mass is 540 g/mol. The maximum Gasteiger partial charge on any atom is 0.233 e. The molecule has 1 aliphatic rings. The predicted octanol–water partition coefficient (Wildman–Crippen LogP) is 5.12. The first-order valence-corrected chi connectivity index (χ1v) is 13.2. The molecule has 2 amide bonds. The highest BCUT2D eigenvalue weighted by molar-refractivity contribution is 7.19. The number of amides is 2. The van der Waals surface area contributed by atoms with E-state index in [1.54, 1.807) is 24.3 Å². The minimum atomic E-state index is -0.436. The van der Waals surface area contributed by atoms with Crippen molar-refractivity contribution >= 4 is 46.3 Å². The summed E-state index contributed by atoms with van der Waals surface area (Å²) in [5.74, 6) is -0.120. The van der Waals surface area contributed by atoms with Crippen molar-refractivity contribution in [2.24, 2.45) is 5.73 Å². The average molecular weight is 541 g/mol. The normalized spacial score (nSPS) is 14.5. The Labute approximate surface area is 224 Å². The van der Waals surface area contributed by atoms with Gasteiger partial charge in [0.2, 0.25) is 11.8 Å². The van der Waals surface area contributed by atoms with Gasteiger partial charge in [-0.25, -0.2) is 0 Å². The molecule has 5 N–H and O–H groups in total. The van der Waals surface area contributed by atoms with E-state index in [-0.39, 0.29) is 24.4 Å². The van der Waals surface area contributed by atoms with E-state index < -0.39 is 11.8 Å². The third kappa shape index (κ3) is 7.31. The van der Waals surface area contributed by atoms with Gasteiger partial charge in [-0.15, -0.1) is 11.3 Å². The Morgan fingerprint density at radius 1 is 1.14 bits per heavy atom. The number of hydrogen-bond acceptors (Lipinski definition) is 6. The molecule has 1 atom stereocenters. The van der Waals surface area contributed by atoms with Crippen LogP contribution in [-0.2, 0) is 14.3 Å². The highest BCUT2D eigenvalue weighted by atomic mass is 35.5. The van der Waals surface area contributed by atoms with Crippen molar-refractivity contribution in [1.29, 1.82) is 5.41 Å². The fourth-order valence-electron chi connectivity index (χ4n) is 4.00. The van der Waals surface area contributed by atoms with E-state index in [1.807, 2.05) is 37.3 Å². The molecular weight excluding hydrogens is 512 g/mol. The molecule has 4 rings (SSSR count). The zero-order chi connectivity index (χ0) is 26.4. The van der Waals surface area contributed by atoms with Gasteiger partial charge < -0.3 is 25.8 Å². The zero-order valence-electron chi connectivity index (χ0n) is 20.4. The van der Waals surface area contributed by atoms with Gasteiger partial charge in [0.25, 0.3) is 0 Å². The van der Waals surface area contributed by atoms with Crippen molar-refractivity contribution in [3.8, 4) is 16.2 Å². The first-order valence-electron chi connectivity index (χ1n) is 12.0. The molecule has 0 bridgehead atoms. The lowest BCUT2D eigenvalue weighted by molar-refractivity contribution is -0.127. The van der Waals surface area contributed by atoms with Crippen LogP contribution in [0.25, 0.3) is 10.4 Å². The number of carbonyl (C=O) groups excluding carboxylic acids is 2. The first kappa shape index (κ1) is 26.7. The van der Waals surface area contributed by atoms with Crippen molar-refractivity contribution in [3.05, 3.63) is 70.1 Å². The van der Waals surface area contributed by atoms with Crippen LogP contribution < -0.4 is 21.1 Å². The number of anilines is 1. The summed E-state index contributed by atoms with van der Waals surface area (Å²) < 4.78 is 12.4. The van der Waals surface area contributed by atoms with Gasteiger partial charge in [-0.3, -0.25) is 15.0 Å². The zero-order valence-corrected chi connectivity index (χ0v) is 22.0. The van der Waals surface area contributed by atoms with Crippen LogP contribution in [0.15, 0.2) is 54.6 Å². The average Bonchev–Trinajstić information content (AvgIpc) is 3.31. The van der Waals surface area contributed by atoms with Crippen LogP contribution in [0.3, 0.4) is 0 Å². The number of nitrogen functional groups attached to an aromatic ring is 1. The van der Waals surface area contributed by atoms with Crippen molar-refractivity contribution in [2.45, 2.75) is 38.3 Å². The first-order chi connectivity index (χ1) is 17.8. The summed E-state index contributed by atoms with van der Waals surface area (Å²) in [6, 6.07) is 15.9. The molecular formula is C27H29ClN4O4S. The summed E-state index contributed by atoms with van der Waals surface area (Å²) in [4.78, 5) is 25.9. The molecule has 0 aliphatic carbocycles. The molecule has 0 radical (unpaired) electrons. The largest absolute Gasteiger partial charge is 0.490 e. The number of halogens is 1. The third-order valence-corrected chi connectivity index (χ3v) is 7.25. The van der Waals surface area contributed by atoms with Gasteiger partial charge in [0.15, 0.2) is 0 Å². The quantitative estimate of drug-likeness (QED) is 0.170. The Balaban J connectivity index is 1.41. The Bertz CT molecular complexity index is 1270. The molecule has 1 fully saturated rings. The minimum Gasteiger partial charge on any atom is -0.490 e. The molecule has 2 aromatic carbocycles. The maximum absolute atomic E-state index is 12.6. The van der Waals surface area contributed by atoms with E-state index in [4.69, 9.17) is 32.2 Å². The van der Waals surface area contributed by atoms with E-state index in [1.165, 1.54) is 11.3 Å². The second-order valence-electron chi connectivity index (χ2n) is 8.79. The molecule has 1 saturated heterocycles. The minimum absolute atomic E-state index is 0.0558. The fraction of sp³-hybridized carbons (Fsp3) is 0.296. The van der Waals surface area contributed by atoms with E-state index in [2.05, 4.69) is 10.6 Å². The molecule has 8 nitrogen and oxygen atoms in total. The van der Waals surface area contributed by atoms with Gasteiger partial charge in [-0.05, 0) is 61.0 Å². The Hall–Kier alpha value is -3.40. The van der Waals surface area contributed by atoms with E-state index in [9.17, 15) is 9.59 Å².